The monoisotopic (exact) mass is 482 g/mol. The molecule has 0 radical (unpaired) electrons. The Labute approximate surface area is 207 Å². The van der Waals surface area contributed by atoms with E-state index in [2.05, 4.69) is 0 Å². The second-order valence-corrected chi connectivity index (χ2v) is 8.49. The van der Waals surface area contributed by atoms with Crippen LogP contribution in [0.15, 0.2) is 47.9 Å². The standard InChI is InChI=1S/C27H34N2O6/c1-9-33-27(2)34-24(14-18-10-12-20(28(3)4)16-22(18)31-7)26(30)25(35-27)15-19-11-13-21(29(5)6)17-23(19)32-8/h10-17H,9H2,1-8H3. The van der Waals surface area contributed by atoms with Crippen LogP contribution in [0, 0.1) is 0 Å². The predicted octanol–water partition coefficient (Wildman–Crippen LogP) is 4.54. The van der Waals surface area contributed by atoms with Gasteiger partial charge in [-0.1, -0.05) is 0 Å². The molecule has 0 saturated carbocycles. The number of anilines is 2. The third-order valence-electron chi connectivity index (χ3n) is 5.48. The van der Waals surface area contributed by atoms with Crippen molar-refractivity contribution in [3.05, 3.63) is 59.0 Å². The highest BCUT2D eigenvalue weighted by Crippen LogP contribution is 2.36. The Morgan fingerprint density at radius 3 is 1.60 bits per heavy atom. The van der Waals surface area contributed by atoms with Crippen molar-refractivity contribution in [3.63, 3.8) is 0 Å². The number of ether oxygens (including phenoxy) is 5. The molecule has 0 spiro atoms. The van der Waals surface area contributed by atoms with Crippen LogP contribution in [-0.4, -0.2) is 60.8 Å². The van der Waals surface area contributed by atoms with E-state index in [1.165, 1.54) is 0 Å². The minimum atomic E-state index is -1.48. The van der Waals surface area contributed by atoms with E-state index < -0.39 is 11.8 Å². The van der Waals surface area contributed by atoms with Crippen molar-refractivity contribution in [2.24, 2.45) is 0 Å². The minimum absolute atomic E-state index is 0.0817. The Bertz CT molecular complexity index is 1050. The van der Waals surface area contributed by atoms with E-state index in [0.717, 1.165) is 11.4 Å². The number of methoxy groups -OCH3 is 2. The molecule has 1 fully saturated rings. The predicted molar refractivity (Wildman–Crippen MR) is 138 cm³/mol. The summed E-state index contributed by atoms with van der Waals surface area (Å²) in [6.45, 7) is 3.78. The maximum absolute atomic E-state index is 13.4. The second kappa shape index (κ2) is 10.7. The van der Waals surface area contributed by atoms with E-state index in [1.54, 1.807) is 33.3 Å². The van der Waals surface area contributed by atoms with Crippen LogP contribution < -0.4 is 19.3 Å². The third-order valence-corrected chi connectivity index (χ3v) is 5.48. The number of Topliss-reactive ketones (excluding diaryl/α,β-unsaturated/α-hetero) is 1. The highest BCUT2D eigenvalue weighted by molar-refractivity contribution is 6.11. The van der Waals surface area contributed by atoms with Crippen molar-refractivity contribution in [1.82, 2.24) is 0 Å². The van der Waals surface area contributed by atoms with E-state index in [4.69, 9.17) is 23.7 Å². The highest BCUT2D eigenvalue weighted by atomic mass is 16.9. The zero-order valence-corrected chi connectivity index (χ0v) is 21.7. The summed E-state index contributed by atoms with van der Waals surface area (Å²) < 4.78 is 28.6. The van der Waals surface area contributed by atoms with Crippen LogP contribution in [0.25, 0.3) is 12.2 Å². The van der Waals surface area contributed by atoms with Crippen molar-refractivity contribution in [3.8, 4) is 11.5 Å². The van der Waals surface area contributed by atoms with Gasteiger partial charge in [0.05, 0.1) is 20.8 Å². The largest absolute Gasteiger partial charge is 0.496 e. The molecule has 8 heteroatoms. The van der Waals surface area contributed by atoms with Gasteiger partial charge in [0.15, 0.2) is 11.5 Å². The van der Waals surface area contributed by atoms with E-state index in [1.807, 2.05) is 81.3 Å². The third kappa shape index (κ3) is 5.89. The smallest absolute Gasteiger partial charge is 0.368 e. The summed E-state index contributed by atoms with van der Waals surface area (Å²) in [5.74, 6) is -0.517. The number of carbonyl (C=O) groups is 1. The first kappa shape index (κ1) is 26.0. The van der Waals surface area contributed by atoms with E-state index in [9.17, 15) is 4.79 Å². The molecule has 0 aromatic heterocycles. The van der Waals surface area contributed by atoms with Gasteiger partial charge in [-0.05, 0) is 43.3 Å². The maximum atomic E-state index is 13.4. The van der Waals surface area contributed by atoms with Crippen LogP contribution in [0.4, 0.5) is 11.4 Å². The Morgan fingerprint density at radius 1 is 0.829 bits per heavy atom. The van der Waals surface area contributed by atoms with Gasteiger partial charge in [-0.3, -0.25) is 4.79 Å². The van der Waals surface area contributed by atoms with Crippen LogP contribution in [0.1, 0.15) is 25.0 Å². The first-order valence-corrected chi connectivity index (χ1v) is 11.3. The van der Waals surface area contributed by atoms with Crippen LogP contribution in [-0.2, 0) is 19.0 Å². The molecule has 8 nitrogen and oxygen atoms in total. The Hall–Kier alpha value is -3.65. The lowest BCUT2D eigenvalue weighted by Crippen LogP contribution is -2.42. The van der Waals surface area contributed by atoms with Crippen LogP contribution in [0.3, 0.4) is 0 Å². The number of benzene rings is 2. The van der Waals surface area contributed by atoms with Crippen molar-refractivity contribution >= 4 is 29.3 Å². The van der Waals surface area contributed by atoms with Gasteiger partial charge >= 0.3 is 5.97 Å². The van der Waals surface area contributed by atoms with Gasteiger partial charge in [-0.2, -0.15) is 0 Å². The SMILES string of the molecule is CCOC1(C)OC(=Cc2ccc(N(C)C)cc2OC)C(=O)C(=Cc2ccc(N(C)C)cc2OC)O1. The molecule has 1 heterocycles. The molecule has 0 aliphatic carbocycles. The fraction of sp³-hybridized carbons (Fsp3) is 0.370. The van der Waals surface area contributed by atoms with Crippen molar-refractivity contribution < 1.29 is 28.5 Å². The number of rotatable bonds is 8. The zero-order valence-electron chi connectivity index (χ0n) is 21.7. The summed E-state index contributed by atoms with van der Waals surface area (Å²) in [5.41, 5.74) is 3.32. The molecule has 35 heavy (non-hydrogen) atoms. The van der Waals surface area contributed by atoms with Gasteiger partial charge in [-0.25, -0.2) is 0 Å². The first-order chi connectivity index (χ1) is 16.6. The van der Waals surface area contributed by atoms with Crippen LogP contribution in [0.2, 0.25) is 0 Å². The van der Waals surface area contributed by atoms with Crippen molar-refractivity contribution in [1.29, 1.82) is 0 Å². The Kier molecular flexibility index (Phi) is 7.96. The van der Waals surface area contributed by atoms with E-state index >= 15 is 0 Å². The molecule has 0 atom stereocenters. The Balaban J connectivity index is 2.08. The molecule has 1 saturated heterocycles. The molecule has 188 valence electrons. The lowest BCUT2D eigenvalue weighted by Gasteiger charge is -2.35. The van der Waals surface area contributed by atoms with Gasteiger partial charge in [-0.15, -0.1) is 0 Å². The lowest BCUT2D eigenvalue weighted by molar-refractivity contribution is -0.343. The summed E-state index contributed by atoms with van der Waals surface area (Å²) in [7, 11) is 11.0. The molecular weight excluding hydrogens is 448 g/mol. The van der Waals surface area contributed by atoms with Gasteiger partial charge in [0.25, 0.3) is 5.78 Å². The second-order valence-electron chi connectivity index (χ2n) is 8.49. The molecule has 2 aromatic carbocycles. The summed E-state index contributed by atoms with van der Waals surface area (Å²) in [6.07, 6.45) is 3.28. The Morgan fingerprint density at radius 2 is 1.26 bits per heavy atom. The molecular formula is C27H34N2O6. The number of hydrogen-bond acceptors (Lipinski definition) is 8. The van der Waals surface area contributed by atoms with E-state index in [0.29, 0.717) is 29.2 Å². The average molecular weight is 483 g/mol. The summed E-state index contributed by atoms with van der Waals surface area (Å²) in [5, 5.41) is 0. The normalized spacial score (nSPS) is 19.8. The molecule has 1 aliphatic rings. The molecule has 0 unspecified atom stereocenters. The van der Waals surface area contributed by atoms with Crippen LogP contribution >= 0.6 is 0 Å². The van der Waals surface area contributed by atoms with Crippen molar-refractivity contribution in [2.45, 2.75) is 19.8 Å². The van der Waals surface area contributed by atoms with Crippen LogP contribution in [0.5, 0.6) is 11.5 Å². The maximum Gasteiger partial charge on any atom is 0.368 e. The average Bonchev–Trinajstić information content (AvgIpc) is 2.82. The molecule has 1 aliphatic heterocycles. The number of ketones is 1. The first-order valence-electron chi connectivity index (χ1n) is 11.3. The summed E-state index contributed by atoms with van der Waals surface area (Å²) >= 11 is 0. The molecule has 0 amide bonds. The van der Waals surface area contributed by atoms with Gasteiger partial charge in [0.1, 0.15) is 11.5 Å². The highest BCUT2D eigenvalue weighted by Gasteiger charge is 2.41. The molecule has 2 aromatic rings. The van der Waals surface area contributed by atoms with Gasteiger partial charge in [0.2, 0.25) is 0 Å². The number of carbonyl (C=O) groups excluding carboxylic acids is 1. The fourth-order valence-electron chi connectivity index (χ4n) is 3.62. The quantitative estimate of drug-likeness (QED) is 0.508. The summed E-state index contributed by atoms with van der Waals surface area (Å²) in [6, 6.07) is 11.4. The molecule has 0 N–H and O–H groups in total. The fourth-order valence-corrected chi connectivity index (χ4v) is 3.62. The lowest BCUT2D eigenvalue weighted by atomic mass is 10.1. The van der Waals surface area contributed by atoms with E-state index in [-0.39, 0.29) is 11.5 Å². The van der Waals surface area contributed by atoms with Gasteiger partial charge in [0, 0.05) is 69.7 Å². The van der Waals surface area contributed by atoms with Gasteiger partial charge < -0.3 is 33.5 Å². The topological polar surface area (TPSA) is 69.7 Å². The number of nitrogens with zero attached hydrogens (tertiary/aromatic N) is 2. The summed E-state index contributed by atoms with van der Waals surface area (Å²) in [4.78, 5) is 17.4. The minimum Gasteiger partial charge on any atom is -0.496 e. The van der Waals surface area contributed by atoms with Crippen molar-refractivity contribution in [2.75, 3.05) is 58.8 Å². The zero-order chi connectivity index (χ0) is 25.8. The molecule has 0 bridgehead atoms. The number of hydrogen-bond donors (Lipinski definition) is 0. The molecule has 3 rings (SSSR count).